The number of H-pyrrole nitrogens is 1. The molecule has 48 heavy (non-hydrogen) atoms. The van der Waals surface area contributed by atoms with Gasteiger partial charge in [-0.05, 0) is 35.9 Å². The first-order chi connectivity index (χ1) is 23.6. The molecular formula is C36H39N9O3. The van der Waals surface area contributed by atoms with Crippen LogP contribution in [0.5, 0.6) is 5.75 Å². The Labute approximate surface area is 278 Å². The molecule has 0 unspecified atom stereocenters. The minimum absolute atomic E-state index is 0.0312. The minimum Gasteiger partial charge on any atom is -0.496 e. The van der Waals surface area contributed by atoms with E-state index in [1.807, 2.05) is 35.0 Å². The SMILES string of the molecule is COc1ccccc1Cc1nc2ccc(-c3nn(-c4ccc(CN5CCN(CCC6OCCO6)CC5)cc4)c4ncnc(N)c34)cc2[nH]1. The van der Waals surface area contributed by atoms with Crippen LogP contribution >= 0.6 is 0 Å². The summed E-state index contributed by atoms with van der Waals surface area (Å²) < 4.78 is 18.6. The number of imidazole rings is 1. The number of hydrogen-bond acceptors (Lipinski definition) is 10. The second-order valence-electron chi connectivity index (χ2n) is 12.4. The number of aromatic nitrogens is 6. The Kier molecular flexibility index (Phi) is 8.45. The molecule has 8 rings (SSSR count). The highest BCUT2D eigenvalue weighted by molar-refractivity contribution is 6.00. The summed E-state index contributed by atoms with van der Waals surface area (Å²) in [6.07, 6.45) is 3.02. The van der Waals surface area contributed by atoms with Crippen molar-refractivity contribution in [3.05, 3.63) is 90.0 Å². The maximum absolute atomic E-state index is 6.45. The van der Waals surface area contributed by atoms with E-state index in [-0.39, 0.29) is 6.29 Å². The van der Waals surface area contributed by atoms with Crippen molar-refractivity contribution >= 4 is 27.9 Å². The van der Waals surface area contributed by atoms with Gasteiger partial charge in [0.25, 0.3) is 0 Å². The number of rotatable bonds is 10. The first kappa shape index (κ1) is 30.5. The number of fused-ring (bicyclic) bond motifs is 2. The van der Waals surface area contributed by atoms with E-state index >= 15 is 0 Å². The molecule has 0 atom stereocenters. The number of methoxy groups -OCH3 is 1. The van der Waals surface area contributed by atoms with Gasteiger partial charge in [0.1, 0.15) is 29.4 Å². The maximum atomic E-state index is 6.45. The van der Waals surface area contributed by atoms with Gasteiger partial charge in [-0.2, -0.15) is 5.10 Å². The summed E-state index contributed by atoms with van der Waals surface area (Å²) in [5.74, 6) is 2.09. The molecule has 2 aliphatic heterocycles. The molecule has 3 aromatic heterocycles. The third-order valence-corrected chi connectivity index (χ3v) is 9.27. The summed E-state index contributed by atoms with van der Waals surface area (Å²) in [6, 6.07) is 22.6. The number of nitrogens with two attached hydrogens (primary N) is 1. The topological polar surface area (TPSA) is 132 Å². The second kappa shape index (κ2) is 13.3. The van der Waals surface area contributed by atoms with E-state index in [1.165, 1.54) is 11.9 Å². The number of nitrogens with zero attached hydrogens (tertiary/aromatic N) is 7. The zero-order valence-electron chi connectivity index (χ0n) is 27.0. The van der Waals surface area contributed by atoms with Crippen molar-refractivity contribution < 1.29 is 14.2 Å². The lowest BCUT2D eigenvalue weighted by Crippen LogP contribution is -2.46. The lowest BCUT2D eigenvalue weighted by atomic mass is 10.1. The van der Waals surface area contributed by atoms with E-state index in [4.69, 9.17) is 30.0 Å². The van der Waals surface area contributed by atoms with Crippen molar-refractivity contribution in [1.29, 1.82) is 0 Å². The molecule has 6 aromatic rings. The molecule has 3 N–H and O–H groups in total. The van der Waals surface area contributed by atoms with Crippen LogP contribution in [0.1, 0.15) is 23.4 Å². The number of para-hydroxylation sites is 1. The van der Waals surface area contributed by atoms with Gasteiger partial charge >= 0.3 is 0 Å². The predicted octanol–water partition coefficient (Wildman–Crippen LogP) is 4.42. The van der Waals surface area contributed by atoms with E-state index < -0.39 is 0 Å². The summed E-state index contributed by atoms with van der Waals surface area (Å²) in [6.45, 7) is 7.55. The van der Waals surface area contributed by atoms with E-state index in [1.54, 1.807) is 7.11 Å². The van der Waals surface area contributed by atoms with Gasteiger partial charge in [-0.25, -0.2) is 19.6 Å². The number of nitrogen functional groups attached to an aromatic ring is 1. The average molecular weight is 646 g/mol. The van der Waals surface area contributed by atoms with Crippen LogP contribution in [0.15, 0.2) is 73.1 Å². The molecule has 0 amide bonds. The lowest BCUT2D eigenvalue weighted by molar-refractivity contribution is -0.0533. The Hall–Kier alpha value is -4.88. The first-order valence-electron chi connectivity index (χ1n) is 16.5. The third-order valence-electron chi connectivity index (χ3n) is 9.27. The Morgan fingerprint density at radius 1 is 0.938 bits per heavy atom. The van der Waals surface area contributed by atoms with E-state index in [9.17, 15) is 0 Å². The minimum atomic E-state index is -0.0312. The van der Waals surface area contributed by atoms with Crippen LogP contribution in [0, 0.1) is 0 Å². The Morgan fingerprint density at radius 2 is 1.73 bits per heavy atom. The Morgan fingerprint density at radius 3 is 2.54 bits per heavy atom. The van der Waals surface area contributed by atoms with Gasteiger partial charge in [-0.15, -0.1) is 0 Å². The van der Waals surface area contributed by atoms with Gasteiger partial charge in [0.05, 0.1) is 42.4 Å². The van der Waals surface area contributed by atoms with Crippen molar-refractivity contribution in [1.82, 2.24) is 39.5 Å². The summed E-state index contributed by atoms with van der Waals surface area (Å²) in [5.41, 5.74) is 13.8. The van der Waals surface area contributed by atoms with Crippen LogP contribution in [-0.4, -0.2) is 98.9 Å². The number of aromatic amines is 1. The van der Waals surface area contributed by atoms with Crippen molar-refractivity contribution in [3.8, 4) is 22.7 Å². The molecular weight excluding hydrogens is 606 g/mol. The van der Waals surface area contributed by atoms with Crippen LogP contribution in [0.3, 0.4) is 0 Å². The number of hydrogen-bond donors (Lipinski definition) is 2. The molecule has 3 aromatic carbocycles. The summed E-state index contributed by atoms with van der Waals surface area (Å²) in [5, 5.41) is 5.76. The molecule has 12 heteroatoms. The number of ether oxygens (including phenoxy) is 3. The first-order valence-corrected chi connectivity index (χ1v) is 16.5. The van der Waals surface area contributed by atoms with Crippen LogP contribution in [0.2, 0.25) is 0 Å². The fourth-order valence-corrected chi connectivity index (χ4v) is 6.71. The summed E-state index contributed by atoms with van der Waals surface area (Å²) in [4.78, 5) is 22.2. The molecule has 2 aliphatic rings. The number of anilines is 1. The zero-order valence-corrected chi connectivity index (χ0v) is 27.0. The van der Waals surface area contributed by atoms with Gasteiger partial charge < -0.3 is 29.8 Å². The molecule has 0 aliphatic carbocycles. The average Bonchev–Trinajstić information content (AvgIpc) is 3.88. The van der Waals surface area contributed by atoms with E-state index in [0.29, 0.717) is 31.1 Å². The normalized spacial score (nSPS) is 16.4. The highest BCUT2D eigenvalue weighted by Crippen LogP contribution is 2.33. The van der Waals surface area contributed by atoms with Crippen molar-refractivity contribution in [3.63, 3.8) is 0 Å². The third kappa shape index (κ3) is 6.22. The molecule has 0 saturated carbocycles. The van der Waals surface area contributed by atoms with E-state index in [0.717, 1.165) is 96.2 Å². The van der Waals surface area contributed by atoms with Crippen LogP contribution in [0.4, 0.5) is 5.82 Å². The van der Waals surface area contributed by atoms with Gasteiger partial charge in [0.2, 0.25) is 0 Å². The van der Waals surface area contributed by atoms with Crippen molar-refractivity contribution in [2.24, 2.45) is 0 Å². The standard InChI is InChI=1S/C36H39N9O3/c1-46-30-5-3-2-4-25(30)21-31-40-28-11-8-26(20-29(28)41-31)34-33-35(37)38-23-39-36(33)45(42-34)27-9-6-24(7-10-27)22-44-16-14-43(15-17-44)13-12-32-47-18-19-48-32/h2-11,20,23,32H,12-19,21-22H2,1H3,(H,40,41)(H2,37,38,39). The van der Waals surface area contributed by atoms with E-state index in [2.05, 4.69) is 61.1 Å². The fourth-order valence-electron chi connectivity index (χ4n) is 6.71. The number of piperazine rings is 1. The highest BCUT2D eigenvalue weighted by Gasteiger charge is 2.22. The monoisotopic (exact) mass is 645 g/mol. The Bertz CT molecular complexity index is 2030. The number of benzene rings is 3. The molecule has 12 nitrogen and oxygen atoms in total. The molecule has 0 bridgehead atoms. The number of nitrogens with one attached hydrogen (secondary N) is 1. The van der Waals surface area contributed by atoms with Gasteiger partial charge in [-0.1, -0.05) is 36.4 Å². The van der Waals surface area contributed by atoms with Crippen LogP contribution in [0.25, 0.3) is 39.0 Å². The summed E-state index contributed by atoms with van der Waals surface area (Å²) >= 11 is 0. The Balaban J connectivity index is 0.995. The molecule has 2 fully saturated rings. The molecule has 246 valence electrons. The zero-order chi connectivity index (χ0) is 32.5. The molecule has 2 saturated heterocycles. The predicted molar refractivity (Wildman–Crippen MR) is 184 cm³/mol. The largest absolute Gasteiger partial charge is 0.496 e. The fraction of sp³-hybridized carbons (Fsp3) is 0.333. The van der Waals surface area contributed by atoms with Crippen molar-refractivity contribution in [2.75, 3.05) is 58.8 Å². The van der Waals surface area contributed by atoms with Crippen LogP contribution < -0.4 is 10.5 Å². The molecule has 0 radical (unpaired) electrons. The lowest BCUT2D eigenvalue weighted by Gasteiger charge is -2.35. The quantitative estimate of drug-likeness (QED) is 0.221. The van der Waals surface area contributed by atoms with Crippen LogP contribution in [-0.2, 0) is 22.4 Å². The maximum Gasteiger partial charge on any atom is 0.169 e. The molecule has 5 heterocycles. The van der Waals surface area contributed by atoms with Gasteiger partial charge in [0, 0.05) is 63.2 Å². The highest BCUT2D eigenvalue weighted by atomic mass is 16.7. The second-order valence-corrected chi connectivity index (χ2v) is 12.4. The van der Waals surface area contributed by atoms with Crippen molar-refractivity contribution in [2.45, 2.75) is 25.7 Å². The summed E-state index contributed by atoms with van der Waals surface area (Å²) in [7, 11) is 1.69. The van der Waals surface area contributed by atoms with Gasteiger partial charge in [0.15, 0.2) is 11.9 Å². The van der Waals surface area contributed by atoms with Gasteiger partial charge in [-0.3, -0.25) is 4.90 Å². The smallest absolute Gasteiger partial charge is 0.169 e. The molecule has 0 spiro atoms.